The van der Waals surface area contributed by atoms with E-state index in [0.29, 0.717) is 12.8 Å². The summed E-state index contributed by atoms with van der Waals surface area (Å²) in [5.74, 6) is -1.69. The minimum atomic E-state index is -3.58. The smallest absolute Gasteiger partial charge is 0.305 e. The topological polar surface area (TPSA) is 104 Å². The molecule has 8 heteroatoms. The van der Waals surface area contributed by atoms with Crippen molar-refractivity contribution in [1.29, 1.82) is 0 Å². The van der Waals surface area contributed by atoms with Crippen LogP contribution in [0.15, 0.2) is 0 Å². The summed E-state index contributed by atoms with van der Waals surface area (Å²) < 4.78 is 26.0. The molecule has 0 aromatic carbocycles. The third-order valence-corrected chi connectivity index (χ3v) is 6.10. The molecular formula is C11H18N2O5S. The van der Waals surface area contributed by atoms with E-state index in [1.165, 1.54) is 0 Å². The normalized spacial score (nSPS) is 26.3. The van der Waals surface area contributed by atoms with Gasteiger partial charge in [0.2, 0.25) is 15.9 Å². The van der Waals surface area contributed by atoms with Crippen molar-refractivity contribution >= 4 is 21.9 Å². The number of sulfonamides is 1. The molecule has 2 N–H and O–H groups in total. The summed E-state index contributed by atoms with van der Waals surface area (Å²) in [6, 6.07) is -1.11. The van der Waals surface area contributed by atoms with E-state index < -0.39 is 39.6 Å². The van der Waals surface area contributed by atoms with Gasteiger partial charge in [-0.25, -0.2) is 8.42 Å². The van der Waals surface area contributed by atoms with Gasteiger partial charge in [-0.05, 0) is 12.8 Å². The van der Waals surface area contributed by atoms with Gasteiger partial charge in [0, 0.05) is 13.1 Å². The van der Waals surface area contributed by atoms with Crippen LogP contribution < -0.4 is 5.32 Å². The molecule has 7 nitrogen and oxygen atoms in total. The largest absolute Gasteiger partial charge is 0.481 e. The van der Waals surface area contributed by atoms with E-state index in [1.807, 2.05) is 0 Å². The van der Waals surface area contributed by atoms with Crippen molar-refractivity contribution in [3.63, 3.8) is 0 Å². The molecule has 108 valence electrons. The Bertz CT molecular complexity index is 469. The van der Waals surface area contributed by atoms with Crippen molar-refractivity contribution in [2.45, 2.75) is 43.4 Å². The number of hydrogen-bond donors (Lipinski definition) is 2. The Morgan fingerprint density at radius 1 is 1.37 bits per heavy atom. The summed E-state index contributed by atoms with van der Waals surface area (Å²) in [6.07, 6.45) is 2.44. The molecule has 2 aliphatic rings. The lowest BCUT2D eigenvalue weighted by molar-refractivity contribution is -0.141. The number of piperazine rings is 1. The summed E-state index contributed by atoms with van der Waals surface area (Å²) in [6.45, 7) is 0.392. The van der Waals surface area contributed by atoms with Crippen molar-refractivity contribution in [3.05, 3.63) is 0 Å². The van der Waals surface area contributed by atoms with Crippen LogP contribution in [0.1, 0.15) is 32.1 Å². The van der Waals surface area contributed by atoms with Crippen LogP contribution >= 0.6 is 0 Å². The zero-order chi connectivity index (χ0) is 14.0. The number of hydrogen-bond acceptors (Lipinski definition) is 4. The van der Waals surface area contributed by atoms with Crippen molar-refractivity contribution in [3.8, 4) is 0 Å². The molecule has 1 saturated heterocycles. The molecule has 19 heavy (non-hydrogen) atoms. The van der Waals surface area contributed by atoms with E-state index in [9.17, 15) is 18.0 Å². The number of nitrogens with one attached hydrogen (secondary N) is 1. The lowest BCUT2D eigenvalue weighted by Gasteiger charge is -2.35. The van der Waals surface area contributed by atoms with Crippen LogP contribution in [0.4, 0.5) is 0 Å². The van der Waals surface area contributed by atoms with Gasteiger partial charge in [-0.15, -0.1) is 0 Å². The zero-order valence-electron chi connectivity index (χ0n) is 10.5. The molecule has 1 saturated carbocycles. The van der Waals surface area contributed by atoms with Crippen LogP contribution in [-0.4, -0.2) is 54.1 Å². The van der Waals surface area contributed by atoms with Crippen LogP contribution in [-0.2, 0) is 19.6 Å². The predicted molar refractivity (Wildman–Crippen MR) is 66.9 cm³/mol. The Hall–Kier alpha value is -1.15. The molecule has 1 aliphatic heterocycles. The van der Waals surface area contributed by atoms with Gasteiger partial charge in [-0.3, -0.25) is 9.59 Å². The van der Waals surface area contributed by atoms with Crippen molar-refractivity contribution in [2.75, 3.05) is 13.1 Å². The van der Waals surface area contributed by atoms with Gasteiger partial charge >= 0.3 is 5.97 Å². The van der Waals surface area contributed by atoms with Gasteiger partial charge in [-0.2, -0.15) is 4.31 Å². The van der Waals surface area contributed by atoms with Crippen LogP contribution in [0.5, 0.6) is 0 Å². The van der Waals surface area contributed by atoms with Gasteiger partial charge in [-0.1, -0.05) is 12.8 Å². The Balaban J connectivity index is 2.23. The van der Waals surface area contributed by atoms with E-state index in [-0.39, 0.29) is 13.1 Å². The molecule has 2 fully saturated rings. The van der Waals surface area contributed by atoms with E-state index in [0.717, 1.165) is 17.1 Å². The Kier molecular flexibility index (Phi) is 4.10. The number of carbonyl (C=O) groups excluding carboxylic acids is 1. The summed E-state index contributed by atoms with van der Waals surface area (Å²) in [7, 11) is -3.58. The molecule has 0 aromatic rings. The summed E-state index contributed by atoms with van der Waals surface area (Å²) in [5.41, 5.74) is 0. The van der Waals surface area contributed by atoms with Gasteiger partial charge < -0.3 is 10.4 Å². The molecule has 1 aliphatic carbocycles. The second kappa shape index (κ2) is 5.46. The number of rotatable bonds is 4. The maximum absolute atomic E-state index is 12.5. The van der Waals surface area contributed by atoms with Crippen LogP contribution in [0.25, 0.3) is 0 Å². The lowest BCUT2D eigenvalue weighted by Crippen LogP contribution is -2.59. The second-order valence-electron chi connectivity index (χ2n) is 4.97. The molecule has 2 rings (SSSR count). The number of aliphatic carboxylic acids is 1. The van der Waals surface area contributed by atoms with E-state index in [1.54, 1.807) is 0 Å². The molecular weight excluding hydrogens is 272 g/mol. The summed E-state index contributed by atoms with van der Waals surface area (Å²) in [4.78, 5) is 22.5. The molecule has 0 spiro atoms. The fourth-order valence-corrected chi connectivity index (χ4v) is 4.92. The van der Waals surface area contributed by atoms with Crippen molar-refractivity contribution in [1.82, 2.24) is 9.62 Å². The average molecular weight is 290 g/mol. The molecule has 1 atom stereocenters. The highest BCUT2D eigenvalue weighted by Crippen LogP contribution is 2.29. The van der Waals surface area contributed by atoms with Crippen LogP contribution in [0.2, 0.25) is 0 Å². The maximum Gasteiger partial charge on any atom is 0.305 e. The molecule has 0 radical (unpaired) electrons. The predicted octanol–water partition coefficient (Wildman–Crippen LogP) is -0.466. The number of carbonyl (C=O) groups is 2. The maximum atomic E-state index is 12.5. The van der Waals surface area contributed by atoms with Crippen LogP contribution in [0.3, 0.4) is 0 Å². The standard InChI is InChI=1S/C11H18N2O5S/c14-10(15)7-9-11(16)12-5-6-13(9)19(17,18)8-3-1-2-4-8/h8-9H,1-7H2,(H,12,16)(H,14,15). The van der Waals surface area contributed by atoms with Gasteiger partial charge in [0.15, 0.2) is 0 Å². The first-order valence-electron chi connectivity index (χ1n) is 6.43. The Labute approximate surface area is 112 Å². The molecule has 1 unspecified atom stereocenters. The fraction of sp³-hybridized carbons (Fsp3) is 0.818. The number of carboxylic acids is 1. The molecule has 0 bridgehead atoms. The van der Waals surface area contributed by atoms with Gasteiger partial charge in [0.25, 0.3) is 0 Å². The average Bonchev–Trinajstić information content (AvgIpc) is 2.85. The third-order valence-electron chi connectivity index (χ3n) is 3.70. The van der Waals surface area contributed by atoms with Gasteiger partial charge in [0.05, 0.1) is 11.7 Å². The highest BCUT2D eigenvalue weighted by molar-refractivity contribution is 7.89. The number of nitrogens with zero attached hydrogens (tertiary/aromatic N) is 1. The minimum absolute atomic E-state index is 0.155. The summed E-state index contributed by atoms with van der Waals surface area (Å²) in [5, 5.41) is 10.9. The van der Waals surface area contributed by atoms with E-state index in [2.05, 4.69) is 5.32 Å². The number of carboxylic acid groups (broad SMARTS) is 1. The van der Waals surface area contributed by atoms with Gasteiger partial charge in [0.1, 0.15) is 6.04 Å². The van der Waals surface area contributed by atoms with E-state index >= 15 is 0 Å². The fourth-order valence-electron chi connectivity index (χ4n) is 2.74. The molecule has 1 heterocycles. The lowest BCUT2D eigenvalue weighted by atomic mass is 10.1. The highest BCUT2D eigenvalue weighted by Gasteiger charge is 2.43. The quantitative estimate of drug-likeness (QED) is 0.728. The Morgan fingerprint density at radius 3 is 2.58 bits per heavy atom. The monoisotopic (exact) mass is 290 g/mol. The Morgan fingerprint density at radius 2 is 2.00 bits per heavy atom. The van der Waals surface area contributed by atoms with Crippen molar-refractivity contribution < 1.29 is 23.1 Å². The third kappa shape index (κ3) is 2.89. The first kappa shape index (κ1) is 14.3. The second-order valence-corrected chi connectivity index (χ2v) is 7.13. The zero-order valence-corrected chi connectivity index (χ0v) is 11.4. The minimum Gasteiger partial charge on any atom is -0.481 e. The van der Waals surface area contributed by atoms with E-state index in [4.69, 9.17) is 5.11 Å². The highest BCUT2D eigenvalue weighted by atomic mass is 32.2. The van der Waals surface area contributed by atoms with Crippen molar-refractivity contribution in [2.24, 2.45) is 0 Å². The van der Waals surface area contributed by atoms with Crippen LogP contribution in [0, 0.1) is 0 Å². The first-order valence-corrected chi connectivity index (χ1v) is 7.93. The molecule has 0 aromatic heterocycles. The molecule has 1 amide bonds. The number of amides is 1. The first-order chi connectivity index (χ1) is 8.93. The summed E-state index contributed by atoms with van der Waals surface area (Å²) >= 11 is 0. The SMILES string of the molecule is O=C(O)CC1C(=O)NCCN1S(=O)(=O)C1CCCC1.